The molecule has 14 unspecified atom stereocenters. The normalized spacial score (nSPS) is 46.9. The molecule has 35 heteroatoms. The first-order valence-corrected chi connectivity index (χ1v) is 27.6. The van der Waals surface area contributed by atoms with Crippen molar-refractivity contribution in [1.82, 2.24) is 0 Å². The van der Waals surface area contributed by atoms with Gasteiger partial charge >= 0.3 is 5.97 Å². The van der Waals surface area contributed by atoms with Crippen LogP contribution in [0.5, 0.6) is 0 Å². The maximum Gasteiger partial charge on any atom is 0.364 e. The molecule has 0 spiro atoms. The highest BCUT2D eigenvalue weighted by Crippen LogP contribution is 2.39. The minimum absolute atomic E-state index is 0.433. The quantitative estimate of drug-likeness (QED) is 0.0340. The summed E-state index contributed by atoms with van der Waals surface area (Å²) in [5.74, 6) is -7.46. The van der Waals surface area contributed by atoms with Gasteiger partial charge in [0.05, 0.1) is 96.0 Å². The lowest BCUT2D eigenvalue weighted by Gasteiger charge is -2.49. The molecule has 6 aliphatic rings. The van der Waals surface area contributed by atoms with E-state index in [9.17, 15) is 107 Å². The van der Waals surface area contributed by atoms with E-state index in [1.807, 2.05) is 0 Å². The topological polar surface area (TPSA) is 568 Å². The van der Waals surface area contributed by atoms with Crippen molar-refractivity contribution in [1.29, 1.82) is 0 Å². The first kappa shape index (κ1) is 71.2. The number of aliphatic hydroxyl groups excluding tert-OH is 19. The molecule has 6 rings (SSSR count). The van der Waals surface area contributed by atoms with Crippen LogP contribution < -0.4 is 5.73 Å². The summed E-state index contributed by atoms with van der Waals surface area (Å²) in [5.41, 5.74) is 5.91. The third kappa shape index (κ3) is 15.6. The standard InChI is InChI=1S/C49H87NO34/c1-15-18(4)74-23(9-54)40(30(15)61)81-44-16(2)31(62)39(24(10-55)77-44)80-28(12-57)75-26(20(59)6-51)13-72-47-43(37(68)34(65)22(8-53)76-47)83-45-17(3)32(63)41(25(11-56)78-45)82-46-38(69)36(67)35(66)27(79-46)14-73-49(48(70)71)5-19(58)29(50)42(84-49)33(64)21(60)7-52/h15-47,51-69H,5-14,50H2,1-4H3,(H,70,71)/t15-,16+,17?,18+,19-,20+,21?,22?,23?,24?,25+,26?,27?,28+,29-,30?,31?,32?,33?,34-,35+,36?,37?,38+,39-,40-,41-,42?,43-,44+,45+,46+,47+,49-/m1/s1. The van der Waals surface area contributed by atoms with E-state index in [2.05, 4.69) is 0 Å². The van der Waals surface area contributed by atoms with Gasteiger partial charge in [0.25, 0.3) is 5.79 Å². The van der Waals surface area contributed by atoms with Crippen LogP contribution in [0.3, 0.4) is 0 Å². The zero-order valence-corrected chi connectivity index (χ0v) is 46.4. The summed E-state index contributed by atoms with van der Waals surface area (Å²) in [5, 5.41) is 213. The maximum atomic E-state index is 12.6. The molecule has 6 aliphatic heterocycles. The molecule has 35 nitrogen and oxygen atoms in total. The number of carbonyl (C=O) groups is 1. The van der Waals surface area contributed by atoms with E-state index in [0.717, 1.165) is 0 Å². The van der Waals surface area contributed by atoms with E-state index in [1.165, 1.54) is 13.8 Å². The van der Waals surface area contributed by atoms with Crippen LogP contribution in [-0.4, -0.2) is 357 Å². The van der Waals surface area contributed by atoms with Gasteiger partial charge in [-0.05, 0) is 6.92 Å². The number of nitrogens with two attached hydrogens (primary N) is 1. The van der Waals surface area contributed by atoms with Gasteiger partial charge in [0.15, 0.2) is 31.5 Å². The van der Waals surface area contributed by atoms with Crippen molar-refractivity contribution in [2.24, 2.45) is 23.5 Å². The van der Waals surface area contributed by atoms with Gasteiger partial charge in [-0.2, -0.15) is 0 Å². The fourth-order valence-corrected chi connectivity index (χ4v) is 10.8. The molecule has 0 bridgehead atoms. The van der Waals surface area contributed by atoms with Crippen LogP contribution in [0.4, 0.5) is 0 Å². The van der Waals surface area contributed by atoms with Crippen molar-refractivity contribution < 1.29 is 169 Å². The number of carboxylic acids is 1. The van der Waals surface area contributed by atoms with Crippen LogP contribution in [0.2, 0.25) is 0 Å². The third-order valence-corrected chi connectivity index (χ3v) is 16.4. The summed E-state index contributed by atoms with van der Waals surface area (Å²) in [6.07, 6.45) is -49.4. The highest BCUT2D eigenvalue weighted by atomic mass is 16.8. The lowest BCUT2D eigenvalue weighted by molar-refractivity contribution is -0.382. The van der Waals surface area contributed by atoms with Crippen LogP contribution >= 0.6 is 0 Å². The van der Waals surface area contributed by atoms with E-state index in [1.54, 1.807) is 13.8 Å². The number of rotatable bonds is 27. The van der Waals surface area contributed by atoms with Crippen LogP contribution in [0.15, 0.2) is 0 Å². The SMILES string of the molecule is CC1C(O)[C@H](O[C@@H]2OC(CO[C@]3(C(=O)O)C[C@@H](O)[C@@H](N)C(C(O)C(O)CO)O3)[C@H](O)C(O)[C@@H]2O)[C@H](CO)O[C@H]1O[C@@H]1C(O)[C@H](O)C(CO)O[C@@H]1OCC(O[C@H](CO)O[C@@H]1C(CO)O[C@@H](O[C@@H]2C(CO)O[C@@H](C)[C@@H](C)C2O)[C@@H](C)C1O)[C@@H](O)CO. The van der Waals surface area contributed by atoms with Crippen molar-refractivity contribution in [3.05, 3.63) is 0 Å². The second-order valence-corrected chi connectivity index (χ2v) is 22.1. The van der Waals surface area contributed by atoms with Crippen LogP contribution in [0, 0.1) is 17.8 Å². The predicted octanol–water partition coefficient (Wildman–Crippen LogP) is -12.0. The lowest BCUT2D eigenvalue weighted by atomic mass is 9.88. The lowest BCUT2D eigenvalue weighted by Crippen LogP contribution is -2.67. The van der Waals surface area contributed by atoms with E-state index in [-0.39, 0.29) is 0 Å². The summed E-state index contributed by atoms with van der Waals surface area (Å²) < 4.78 is 75.7. The number of hydrogen-bond donors (Lipinski definition) is 21. The van der Waals surface area contributed by atoms with Crippen LogP contribution in [0.1, 0.15) is 34.1 Å². The second kappa shape index (κ2) is 31.3. The molecule has 0 radical (unpaired) electrons. The summed E-state index contributed by atoms with van der Waals surface area (Å²) in [6, 6.07) is -1.51. The zero-order chi connectivity index (χ0) is 62.4. The fraction of sp³-hybridized carbons (Fsp3) is 0.980. The maximum absolute atomic E-state index is 12.6. The highest BCUT2D eigenvalue weighted by Gasteiger charge is 2.58. The Morgan fingerprint density at radius 1 is 0.548 bits per heavy atom. The van der Waals surface area contributed by atoms with Crippen molar-refractivity contribution in [2.45, 2.75) is 224 Å². The van der Waals surface area contributed by atoms with E-state index in [4.69, 9.17) is 67.3 Å². The Bertz CT molecular complexity index is 1970. The van der Waals surface area contributed by atoms with E-state index < -0.39 is 279 Å². The number of ether oxygens (including phenoxy) is 13. The number of aliphatic hydroxyl groups is 19. The molecular weight excluding hydrogens is 1150 g/mol. The molecular formula is C49H87NO34. The average Bonchev–Trinajstić information content (AvgIpc) is 1.65. The highest BCUT2D eigenvalue weighted by molar-refractivity contribution is 5.76. The van der Waals surface area contributed by atoms with E-state index >= 15 is 0 Å². The first-order chi connectivity index (χ1) is 39.7. The molecule has 0 saturated carbocycles. The van der Waals surface area contributed by atoms with E-state index in [0.29, 0.717) is 0 Å². The molecule has 6 fully saturated rings. The van der Waals surface area contributed by atoms with Gasteiger partial charge in [-0.3, -0.25) is 0 Å². The number of aliphatic carboxylic acids is 1. The smallest absolute Gasteiger partial charge is 0.364 e. The molecule has 0 aromatic carbocycles. The Kier molecular flexibility index (Phi) is 26.5. The molecule has 0 aromatic heterocycles. The Labute approximate surface area is 480 Å². The van der Waals surface area contributed by atoms with Crippen molar-refractivity contribution in [2.75, 3.05) is 59.5 Å². The molecule has 0 aliphatic carbocycles. The summed E-state index contributed by atoms with van der Waals surface area (Å²) in [4.78, 5) is 12.6. The Morgan fingerprint density at radius 3 is 1.58 bits per heavy atom. The van der Waals surface area contributed by atoms with Crippen LogP contribution in [0.25, 0.3) is 0 Å². The molecule has 0 amide bonds. The van der Waals surface area contributed by atoms with Crippen molar-refractivity contribution in [3.8, 4) is 0 Å². The van der Waals surface area contributed by atoms with Crippen molar-refractivity contribution >= 4 is 5.97 Å². The molecule has 22 N–H and O–H groups in total. The summed E-state index contributed by atoms with van der Waals surface area (Å²) in [6.45, 7) is -1.89. The fourth-order valence-electron chi connectivity index (χ4n) is 10.8. The number of carboxylic acid groups (broad SMARTS) is 1. The minimum atomic E-state index is -2.87. The Morgan fingerprint density at radius 2 is 1.04 bits per heavy atom. The minimum Gasteiger partial charge on any atom is -0.477 e. The average molecular weight is 1230 g/mol. The van der Waals surface area contributed by atoms with Crippen LogP contribution in [-0.2, 0) is 66.4 Å². The summed E-state index contributed by atoms with van der Waals surface area (Å²) >= 11 is 0. The van der Waals surface area contributed by atoms with Gasteiger partial charge < -0.3 is 169 Å². The van der Waals surface area contributed by atoms with Crippen molar-refractivity contribution in [3.63, 3.8) is 0 Å². The van der Waals surface area contributed by atoms with Gasteiger partial charge in [0.2, 0.25) is 0 Å². The Balaban J connectivity index is 1.12. The molecule has 492 valence electrons. The third-order valence-electron chi connectivity index (χ3n) is 16.4. The van der Waals surface area contributed by atoms with Gasteiger partial charge in [0, 0.05) is 24.2 Å². The zero-order valence-electron chi connectivity index (χ0n) is 46.4. The molecule has 0 aromatic rings. The van der Waals surface area contributed by atoms with Gasteiger partial charge in [0.1, 0.15) is 116 Å². The largest absolute Gasteiger partial charge is 0.477 e. The van der Waals surface area contributed by atoms with Gasteiger partial charge in [-0.15, -0.1) is 0 Å². The molecule has 84 heavy (non-hydrogen) atoms. The number of hydrogen-bond acceptors (Lipinski definition) is 34. The predicted molar refractivity (Wildman–Crippen MR) is 266 cm³/mol. The van der Waals surface area contributed by atoms with Gasteiger partial charge in [-0.1, -0.05) is 20.8 Å². The molecule has 6 heterocycles. The second-order valence-electron chi connectivity index (χ2n) is 22.1. The first-order valence-electron chi connectivity index (χ1n) is 27.6. The Hall–Kier alpha value is -1.85. The molecule has 34 atom stereocenters. The monoisotopic (exact) mass is 1230 g/mol. The van der Waals surface area contributed by atoms with Gasteiger partial charge in [-0.25, -0.2) is 4.79 Å². The molecule has 6 saturated heterocycles. The summed E-state index contributed by atoms with van der Waals surface area (Å²) in [7, 11) is 0.